The molecule has 0 N–H and O–H groups in total. The van der Waals surface area contributed by atoms with Gasteiger partial charge >= 0.3 is 5.97 Å². The molecule has 1 aromatic rings. The van der Waals surface area contributed by atoms with Gasteiger partial charge in [-0.3, -0.25) is 4.79 Å². The second-order valence-electron chi connectivity index (χ2n) is 4.66. The smallest absolute Gasteiger partial charge is 0.347 e. The number of carbonyl (C=O) groups excluding carboxylic acids is 2. The van der Waals surface area contributed by atoms with E-state index in [0.29, 0.717) is 25.2 Å². The monoisotopic (exact) mass is 246 g/mol. The number of ether oxygens (including phenoxy) is 2. The van der Waals surface area contributed by atoms with Crippen molar-refractivity contribution in [2.24, 2.45) is 0 Å². The molecule has 0 amide bonds. The average Bonchev–Trinajstić information content (AvgIpc) is 2.76. The summed E-state index contributed by atoms with van der Waals surface area (Å²) in [5.74, 6) is 0.419. The van der Waals surface area contributed by atoms with E-state index in [0.717, 1.165) is 24.0 Å². The molecule has 0 saturated carbocycles. The fourth-order valence-electron chi connectivity index (χ4n) is 2.43. The Morgan fingerprint density at radius 1 is 1.22 bits per heavy atom. The quantitative estimate of drug-likeness (QED) is 0.748. The van der Waals surface area contributed by atoms with Crippen molar-refractivity contribution in [2.45, 2.75) is 31.8 Å². The van der Waals surface area contributed by atoms with Crippen LogP contribution in [-0.4, -0.2) is 24.5 Å². The number of esters is 1. The zero-order valence-electron chi connectivity index (χ0n) is 9.98. The topological polar surface area (TPSA) is 52.6 Å². The molecule has 4 nitrogen and oxygen atoms in total. The lowest BCUT2D eigenvalue weighted by molar-refractivity contribution is -0.143. The molecular formula is C14H14O4. The molecule has 2 aliphatic rings. The fourth-order valence-corrected chi connectivity index (χ4v) is 2.43. The van der Waals surface area contributed by atoms with Crippen LogP contribution in [0.4, 0.5) is 0 Å². The largest absolute Gasteiger partial charge is 0.479 e. The normalized spacial score (nSPS) is 22.6. The molecule has 1 saturated heterocycles. The van der Waals surface area contributed by atoms with Gasteiger partial charge in [-0.05, 0) is 30.5 Å². The van der Waals surface area contributed by atoms with Gasteiger partial charge in [-0.1, -0.05) is 6.07 Å². The molecule has 0 aromatic heterocycles. The SMILES string of the molecule is O=C1CCCc2ccc(OC3CCOC3=O)cc21. The number of hydrogen-bond acceptors (Lipinski definition) is 4. The zero-order valence-corrected chi connectivity index (χ0v) is 9.98. The van der Waals surface area contributed by atoms with Gasteiger partial charge in [0, 0.05) is 18.4 Å². The Kier molecular flexibility index (Phi) is 2.78. The van der Waals surface area contributed by atoms with Crippen LogP contribution in [0.15, 0.2) is 18.2 Å². The van der Waals surface area contributed by atoms with E-state index in [4.69, 9.17) is 9.47 Å². The van der Waals surface area contributed by atoms with Crippen molar-refractivity contribution < 1.29 is 19.1 Å². The number of fused-ring (bicyclic) bond motifs is 1. The van der Waals surface area contributed by atoms with Gasteiger partial charge < -0.3 is 9.47 Å². The Labute approximate surface area is 105 Å². The molecule has 4 heteroatoms. The maximum atomic E-state index is 11.8. The van der Waals surface area contributed by atoms with E-state index in [1.165, 1.54) is 0 Å². The van der Waals surface area contributed by atoms with E-state index in [2.05, 4.69) is 0 Å². The summed E-state index contributed by atoms with van der Waals surface area (Å²) in [6.07, 6.45) is 2.50. The Bertz CT molecular complexity index is 507. The maximum absolute atomic E-state index is 11.8. The molecule has 1 fully saturated rings. The molecule has 1 atom stereocenters. The Morgan fingerprint density at radius 2 is 2.11 bits per heavy atom. The van der Waals surface area contributed by atoms with E-state index >= 15 is 0 Å². The summed E-state index contributed by atoms with van der Waals surface area (Å²) in [5, 5.41) is 0. The zero-order chi connectivity index (χ0) is 12.5. The highest BCUT2D eigenvalue weighted by molar-refractivity contribution is 5.98. The number of rotatable bonds is 2. The first kappa shape index (κ1) is 11.3. The molecular weight excluding hydrogens is 232 g/mol. The highest BCUT2D eigenvalue weighted by Gasteiger charge is 2.28. The summed E-state index contributed by atoms with van der Waals surface area (Å²) in [6, 6.07) is 5.49. The standard InChI is InChI=1S/C14H14O4/c15-12-3-1-2-9-4-5-10(8-11(9)12)18-13-6-7-17-14(13)16/h4-5,8,13H,1-3,6-7H2. The van der Waals surface area contributed by atoms with Crippen molar-refractivity contribution in [3.63, 3.8) is 0 Å². The van der Waals surface area contributed by atoms with Gasteiger partial charge in [0.1, 0.15) is 5.75 Å². The van der Waals surface area contributed by atoms with Crippen molar-refractivity contribution in [3.05, 3.63) is 29.3 Å². The first-order valence-corrected chi connectivity index (χ1v) is 6.23. The Balaban J connectivity index is 1.83. The number of carbonyl (C=O) groups is 2. The Morgan fingerprint density at radius 3 is 2.89 bits per heavy atom. The summed E-state index contributed by atoms with van der Waals surface area (Å²) in [7, 11) is 0. The molecule has 18 heavy (non-hydrogen) atoms. The van der Waals surface area contributed by atoms with Crippen LogP contribution in [0, 0.1) is 0 Å². The minimum atomic E-state index is -0.526. The maximum Gasteiger partial charge on any atom is 0.347 e. The summed E-state index contributed by atoms with van der Waals surface area (Å²) in [6.45, 7) is 0.410. The van der Waals surface area contributed by atoms with E-state index in [-0.39, 0.29) is 11.8 Å². The highest BCUT2D eigenvalue weighted by Crippen LogP contribution is 2.26. The second kappa shape index (κ2) is 4.44. The number of Topliss-reactive ketones (excluding diaryl/α,β-unsaturated/α-hetero) is 1. The van der Waals surface area contributed by atoms with Gasteiger partial charge in [-0.2, -0.15) is 0 Å². The molecule has 0 spiro atoms. The second-order valence-corrected chi connectivity index (χ2v) is 4.66. The van der Waals surface area contributed by atoms with Crippen LogP contribution in [0.1, 0.15) is 35.2 Å². The minimum absolute atomic E-state index is 0.163. The lowest BCUT2D eigenvalue weighted by Gasteiger charge is -2.17. The van der Waals surface area contributed by atoms with Crippen molar-refractivity contribution >= 4 is 11.8 Å². The van der Waals surface area contributed by atoms with Gasteiger partial charge in [-0.25, -0.2) is 4.79 Å². The predicted molar refractivity (Wildman–Crippen MR) is 63.7 cm³/mol. The Hall–Kier alpha value is -1.84. The first-order valence-electron chi connectivity index (χ1n) is 6.23. The van der Waals surface area contributed by atoms with Crippen LogP contribution >= 0.6 is 0 Å². The van der Waals surface area contributed by atoms with E-state index in [1.807, 2.05) is 12.1 Å². The summed E-state index contributed by atoms with van der Waals surface area (Å²) < 4.78 is 10.4. The predicted octanol–water partition coefficient (Wildman–Crippen LogP) is 1.90. The van der Waals surface area contributed by atoms with Crippen LogP contribution in [-0.2, 0) is 16.0 Å². The minimum Gasteiger partial charge on any atom is -0.479 e. The molecule has 1 aromatic carbocycles. The first-order chi connectivity index (χ1) is 8.74. The van der Waals surface area contributed by atoms with Crippen molar-refractivity contribution in [3.8, 4) is 5.75 Å². The van der Waals surface area contributed by atoms with Gasteiger partial charge in [-0.15, -0.1) is 0 Å². The van der Waals surface area contributed by atoms with Crippen LogP contribution in [0.3, 0.4) is 0 Å². The molecule has 0 radical (unpaired) electrons. The van der Waals surface area contributed by atoms with E-state index in [1.54, 1.807) is 6.07 Å². The van der Waals surface area contributed by atoms with Crippen molar-refractivity contribution in [2.75, 3.05) is 6.61 Å². The van der Waals surface area contributed by atoms with Crippen LogP contribution in [0.25, 0.3) is 0 Å². The number of cyclic esters (lactones) is 1. The summed E-state index contributed by atoms with van der Waals surface area (Å²) in [5.41, 5.74) is 1.82. The lowest BCUT2D eigenvalue weighted by atomic mass is 9.90. The number of aryl methyl sites for hydroxylation is 1. The van der Waals surface area contributed by atoms with E-state index in [9.17, 15) is 9.59 Å². The molecule has 1 unspecified atom stereocenters. The lowest BCUT2D eigenvalue weighted by Crippen LogP contribution is -2.22. The number of benzene rings is 1. The van der Waals surface area contributed by atoms with Gasteiger partial charge in [0.25, 0.3) is 0 Å². The summed E-state index contributed by atoms with van der Waals surface area (Å²) in [4.78, 5) is 23.1. The van der Waals surface area contributed by atoms with Crippen LogP contribution in [0.2, 0.25) is 0 Å². The number of ketones is 1. The molecule has 1 aliphatic heterocycles. The van der Waals surface area contributed by atoms with Crippen molar-refractivity contribution in [1.29, 1.82) is 0 Å². The number of hydrogen-bond donors (Lipinski definition) is 0. The molecule has 1 aliphatic carbocycles. The third kappa shape index (κ3) is 1.98. The van der Waals surface area contributed by atoms with Crippen LogP contribution < -0.4 is 4.74 Å². The fraction of sp³-hybridized carbons (Fsp3) is 0.429. The molecule has 94 valence electrons. The summed E-state index contributed by atoms with van der Waals surface area (Å²) >= 11 is 0. The average molecular weight is 246 g/mol. The highest BCUT2D eigenvalue weighted by atomic mass is 16.6. The third-order valence-corrected chi connectivity index (χ3v) is 3.40. The molecule has 1 heterocycles. The van der Waals surface area contributed by atoms with Gasteiger partial charge in [0.15, 0.2) is 11.9 Å². The van der Waals surface area contributed by atoms with Crippen molar-refractivity contribution in [1.82, 2.24) is 0 Å². The van der Waals surface area contributed by atoms with E-state index < -0.39 is 6.10 Å². The third-order valence-electron chi connectivity index (χ3n) is 3.40. The van der Waals surface area contributed by atoms with Gasteiger partial charge in [0.2, 0.25) is 0 Å². The molecule has 3 rings (SSSR count). The van der Waals surface area contributed by atoms with Crippen LogP contribution in [0.5, 0.6) is 5.75 Å². The molecule has 0 bridgehead atoms. The van der Waals surface area contributed by atoms with Gasteiger partial charge in [0.05, 0.1) is 6.61 Å².